The number of anilines is 2. The molecular weight excluding hydrogens is 380 g/mol. The molecule has 0 saturated heterocycles. The minimum Gasteiger partial charge on any atom is -0.325 e. The lowest BCUT2D eigenvalue weighted by Crippen LogP contribution is -2.14. The summed E-state index contributed by atoms with van der Waals surface area (Å²) in [5.74, 6) is 0.0245. The Kier molecular flexibility index (Phi) is 6.52. The van der Waals surface area contributed by atoms with Gasteiger partial charge in [0.15, 0.2) is 0 Å². The monoisotopic (exact) mass is 396 g/mol. The van der Waals surface area contributed by atoms with E-state index in [0.29, 0.717) is 27.7 Å². The number of benzene rings is 3. The maximum absolute atomic E-state index is 12.1. The molecule has 0 aliphatic carbocycles. The molecule has 0 radical (unpaired) electrons. The number of amides is 2. The van der Waals surface area contributed by atoms with Crippen LogP contribution in [0.1, 0.15) is 10.4 Å². The van der Waals surface area contributed by atoms with Crippen molar-refractivity contribution in [3.63, 3.8) is 0 Å². The van der Waals surface area contributed by atoms with Crippen LogP contribution in [0.3, 0.4) is 0 Å². The Morgan fingerprint density at radius 2 is 1.37 bits per heavy atom. The Bertz CT molecular complexity index is 913. The van der Waals surface area contributed by atoms with Gasteiger partial charge in [0.1, 0.15) is 0 Å². The molecule has 0 saturated carbocycles. The summed E-state index contributed by atoms with van der Waals surface area (Å²) in [6.45, 7) is 0. The maximum Gasteiger partial charge on any atom is 0.255 e. The largest absolute Gasteiger partial charge is 0.325 e. The number of nitrogens with one attached hydrogen (secondary N) is 2. The van der Waals surface area contributed by atoms with E-state index in [1.165, 1.54) is 11.8 Å². The van der Waals surface area contributed by atoms with Crippen molar-refractivity contribution in [2.24, 2.45) is 0 Å². The van der Waals surface area contributed by atoms with Gasteiger partial charge in [-0.1, -0.05) is 29.8 Å². The molecule has 0 atom stereocenters. The van der Waals surface area contributed by atoms with Crippen molar-refractivity contribution in [1.29, 1.82) is 0 Å². The summed E-state index contributed by atoms with van der Waals surface area (Å²) in [7, 11) is 0. The minimum atomic E-state index is -0.174. The molecule has 4 nitrogen and oxygen atoms in total. The minimum absolute atomic E-state index is 0.101. The van der Waals surface area contributed by atoms with Gasteiger partial charge in [0, 0.05) is 26.9 Å². The molecule has 3 rings (SSSR count). The number of carbonyl (C=O) groups excluding carboxylic acids is 2. The zero-order valence-electron chi connectivity index (χ0n) is 14.3. The first kappa shape index (κ1) is 19.0. The fraction of sp³-hybridized carbons (Fsp3) is 0.0476. The third-order valence-corrected chi connectivity index (χ3v) is 4.91. The average Bonchev–Trinajstić information content (AvgIpc) is 2.70. The van der Waals surface area contributed by atoms with E-state index >= 15 is 0 Å². The van der Waals surface area contributed by atoms with Crippen LogP contribution < -0.4 is 10.6 Å². The molecule has 0 heterocycles. The van der Waals surface area contributed by atoms with E-state index < -0.39 is 0 Å². The normalized spacial score (nSPS) is 10.3. The summed E-state index contributed by atoms with van der Waals surface area (Å²) in [4.78, 5) is 25.2. The second kappa shape index (κ2) is 9.26. The van der Waals surface area contributed by atoms with Gasteiger partial charge in [0.2, 0.25) is 5.91 Å². The smallest absolute Gasteiger partial charge is 0.255 e. The van der Waals surface area contributed by atoms with E-state index in [-0.39, 0.29) is 11.8 Å². The highest BCUT2D eigenvalue weighted by Gasteiger charge is 2.07. The van der Waals surface area contributed by atoms with E-state index in [1.54, 1.807) is 48.5 Å². The molecule has 27 heavy (non-hydrogen) atoms. The fourth-order valence-corrected chi connectivity index (χ4v) is 3.13. The fourth-order valence-electron chi connectivity index (χ4n) is 2.31. The van der Waals surface area contributed by atoms with E-state index in [1.807, 2.05) is 30.3 Å². The topological polar surface area (TPSA) is 58.2 Å². The molecule has 136 valence electrons. The van der Waals surface area contributed by atoms with Gasteiger partial charge < -0.3 is 10.6 Å². The van der Waals surface area contributed by atoms with E-state index in [4.69, 9.17) is 11.6 Å². The number of hydrogen-bond acceptors (Lipinski definition) is 3. The molecule has 0 unspecified atom stereocenters. The first-order chi connectivity index (χ1) is 13.1. The molecule has 6 heteroatoms. The van der Waals surface area contributed by atoms with Crippen LogP contribution in [0.4, 0.5) is 11.4 Å². The van der Waals surface area contributed by atoms with Gasteiger partial charge in [0.25, 0.3) is 5.91 Å². The molecule has 3 aromatic carbocycles. The van der Waals surface area contributed by atoms with Crippen LogP contribution in [0.2, 0.25) is 5.02 Å². The standard InChI is InChI=1S/C21H17ClN2O2S/c22-16-6-12-19(13-7-16)27-14-20(25)23-17-8-10-18(11-9-17)24-21(26)15-4-2-1-3-5-15/h1-13H,14H2,(H,23,25)(H,24,26). The molecule has 0 aliphatic rings. The van der Waals surface area contributed by atoms with Crippen LogP contribution in [-0.4, -0.2) is 17.6 Å². The second-order valence-electron chi connectivity index (χ2n) is 5.69. The summed E-state index contributed by atoms with van der Waals surface area (Å²) in [5.41, 5.74) is 1.93. The summed E-state index contributed by atoms with van der Waals surface area (Å²) in [6, 6.07) is 23.4. The lowest BCUT2D eigenvalue weighted by Gasteiger charge is -2.08. The third-order valence-electron chi connectivity index (χ3n) is 3.65. The highest BCUT2D eigenvalue weighted by atomic mass is 35.5. The Balaban J connectivity index is 1.50. The van der Waals surface area contributed by atoms with E-state index in [0.717, 1.165) is 4.90 Å². The van der Waals surface area contributed by atoms with E-state index in [9.17, 15) is 9.59 Å². The molecule has 0 aromatic heterocycles. The zero-order valence-corrected chi connectivity index (χ0v) is 15.9. The van der Waals surface area contributed by atoms with Crippen molar-refractivity contribution in [2.75, 3.05) is 16.4 Å². The van der Waals surface area contributed by atoms with Crippen molar-refractivity contribution in [3.05, 3.63) is 89.4 Å². The molecule has 0 bridgehead atoms. The predicted molar refractivity (Wildman–Crippen MR) is 112 cm³/mol. The van der Waals surface area contributed by atoms with Crippen molar-refractivity contribution < 1.29 is 9.59 Å². The molecule has 2 amide bonds. The van der Waals surface area contributed by atoms with Gasteiger partial charge in [-0.25, -0.2) is 0 Å². The van der Waals surface area contributed by atoms with Gasteiger partial charge in [-0.15, -0.1) is 11.8 Å². The third kappa shape index (κ3) is 5.88. The number of carbonyl (C=O) groups is 2. The Morgan fingerprint density at radius 1 is 0.778 bits per heavy atom. The molecular formula is C21H17ClN2O2S. The summed E-state index contributed by atoms with van der Waals surface area (Å²) in [5, 5.41) is 6.33. The summed E-state index contributed by atoms with van der Waals surface area (Å²) >= 11 is 7.28. The molecule has 2 N–H and O–H groups in total. The molecule has 0 spiro atoms. The van der Waals surface area contributed by atoms with Crippen molar-refractivity contribution in [2.45, 2.75) is 4.90 Å². The quantitative estimate of drug-likeness (QED) is 0.554. The van der Waals surface area contributed by atoms with Crippen LogP contribution in [0.25, 0.3) is 0 Å². The lowest BCUT2D eigenvalue weighted by atomic mass is 10.2. The van der Waals surface area contributed by atoms with Gasteiger partial charge in [0.05, 0.1) is 5.75 Å². The van der Waals surface area contributed by atoms with Crippen molar-refractivity contribution in [1.82, 2.24) is 0 Å². The van der Waals surface area contributed by atoms with Crippen LogP contribution in [0.5, 0.6) is 0 Å². The number of thioether (sulfide) groups is 1. The van der Waals surface area contributed by atoms with Gasteiger partial charge in [-0.05, 0) is 60.7 Å². The van der Waals surface area contributed by atoms with Crippen molar-refractivity contribution >= 4 is 46.6 Å². The summed E-state index contributed by atoms with van der Waals surface area (Å²) in [6.07, 6.45) is 0. The average molecular weight is 397 g/mol. The van der Waals surface area contributed by atoms with Crippen molar-refractivity contribution in [3.8, 4) is 0 Å². The Labute approximate surface area is 166 Å². The predicted octanol–water partition coefficient (Wildman–Crippen LogP) is 5.32. The van der Waals surface area contributed by atoms with Crippen LogP contribution >= 0.6 is 23.4 Å². The Hall–Kier alpha value is -2.76. The van der Waals surface area contributed by atoms with Crippen LogP contribution in [0, 0.1) is 0 Å². The maximum atomic E-state index is 12.1. The zero-order chi connectivity index (χ0) is 19.1. The van der Waals surface area contributed by atoms with Gasteiger partial charge >= 0.3 is 0 Å². The lowest BCUT2D eigenvalue weighted by molar-refractivity contribution is -0.113. The highest BCUT2D eigenvalue weighted by molar-refractivity contribution is 8.00. The van der Waals surface area contributed by atoms with Gasteiger partial charge in [-0.2, -0.15) is 0 Å². The molecule has 3 aromatic rings. The molecule has 0 aliphatic heterocycles. The SMILES string of the molecule is O=C(CSc1ccc(Cl)cc1)Nc1ccc(NC(=O)c2ccccc2)cc1. The van der Waals surface area contributed by atoms with E-state index in [2.05, 4.69) is 10.6 Å². The van der Waals surface area contributed by atoms with Crippen LogP contribution in [0.15, 0.2) is 83.8 Å². The van der Waals surface area contributed by atoms with Gasteiger partial charge in [-0.3, -0.25) is 9.59 Å². The first-order valence-electron chi connectivity index (χ1n) is 8.25. The number of hydrogen-bond donors (Lipinski definition) is 2. The second-order valence-corrected chi connectivity index (χ2v) is 7.17. The summed E-state index contributed by atoms with van der Waals surface area (Å²) < 4.78 is 0. The Morgan fingerprint density at radius 3 is 2.00 bits per heavy atom. The number of halogens is 1. The number of rotatable bonds is 6. The van der Waals surface area contributed by atoms with Crippen LogP contribution in [-0.2, 0) is 4.79 Å². The molecule has 0 fully saturated rings. The first-order valence-corrected chi connectivity index (χ1v) is 9.61. The highest BCUT2D eigenvalue weighted by Crippen LogP contribution is 2.21.